The van der Waals surface area contributed by atoms with Crippen molar-refractivity contribution in [2.75, 3.05) is 44.8 Å². The largest absolute Gasteiger partial charge is 0.408 e. The lowest BCUT2D eigenvalue weighted by Crippen LogP contribution is -2.42. The Labute approximate surface area is 112 Å². The van der Waals surface area contributed by atoms with Crippen molar-refractivity contribution in [1.82, 2.24) is 15.5 Å². The van der Waals surface area contributed by atoms with Crippen LogP contribution in [0.2, 0.25) is 0 Å². The molecule has 2 unspecified atom stereocenters. The summed E-state index contributed by atoms with van der Waals surface area (Å²) in [6, 6.07) is 0.480. The summed E-state index contributed by atoms with van der Waals surface area (Å²) in [6.45, 7) is 6.50. The van der Waals surface area contributed by atoms with E-state index in [9.17, 15) is 0 Å². The van der Waals surface area contributed by atoms with Crippen LogP contribution in [-0.2, 0) is 9.47 Å². The first-order valence-corrected chi connectivity index (χ1v) is 6.72. The van der Waals surface area contributed by atoms with Gasteiger partial charge in [0.2, 0.25) is 5.89 Å². The summed E-state index contributed by atoms with van der Waals surface area (Å²) in [7, 11) is 0. The van der Waals surface area contributed by atoms with Crippen molar-refractivity contribution in [3.05, 3.63) is 5.89 Å². The van der Waals surface area contributed by atoms with Gasteiger partial charge in [0.05, 0.1) is 19.8 Å². The van der Waals surface area contributed by atoms with Gasteiger partial charge in [-0.05, 0) is 6.42 Å². The Kier molecular flexibility index (Phi) is 3.67. The third-order valence-corrected chi connectivity index (χ3v) is 3.59. The molecule has 19 heavy (non-hydrogen) atoms. The lowest BCUT2D eigenvalue weighted by atomic mass is 9.95. The third-order valence-electron chi connectivity index (χ3n) is 3.59. The second-order valence-corrected chi connectivity index (χ2v) is 5.30. The molecule has 0 aliphatic carbocycles. The van der Waals surface area contributed by atoms with Crippen molar-refractivity contribution >= 4 is 6.01 Å². The van der Waals surface area contributed by atoms with E-state index in [4.69, 9.17) is 13.9 Å². The molecule has 2 N–H and O–H groups in total. The Hall–Kier alpha value is -1.18. The van der Waals surface area contributed by atoms with Gasteiger partial charge in [0.1, 0.15) is 5.60 Å². The van der Waals surface area contributed by atoms with Crippen LogP contribution in [0.4, 0.5) is 6.01 Å². The molecule has 3 rings (SSSR count). The summed E-state index contributed by atoms with van der Waals surface area (Å²) in [5, 5.41) is 14.2. The number of aromatic nitrogens is 2. The topological polar surface area (TPSA) is 81.4 Å². The van der Waals surface area contributed by atoms with Crippen molar-refractivity contribution in [1.29, 1.82) is 0 Å². The molecule has 0 aromatic carbocycles. The molecule has 1 spiro atoms. The number of aryl methyl sites for hydroxylation is 1. The van der Waals surface area contributed by atoms with E-state index in [1.165, 1.54) is 0 Å². The zero-order valence-electron chi connectivity index (χ0n) is 11.1. The van der Waals surface area contributed by atoms with Crippen molar-refractivity contribution in [2.24, 2.45) is 5.92 Å². The Morgan fingerprint density at radius 2 is 2.42 bits per heavy atom. The fourth-order valence-corrected chi connectivity index (χ4v) is 2.66. The maximum atomic E-state index is 5.97. The molecule has 2 aliphatic heterocycles. The van der Waals surface area contributed by atoms with Gasteiger partial charge in [-0.1, -0.05) is 5.10 Å². The highest BCUT2D eigenvalue weighted by Crippen LogP contribution is 2.31. The van der Waals surface area contributed by atoms with Crippen LogP contribution in [0, 0.1) is 12.8 Å². The Morgan fingerprint density at radius 3 is 3.26 bits per heavy atom. The molecule has 2 atom stereocenters. The SMILES string of the molecule is Cc1nnc(NCC2COC3(CNCCOC3)C2)o1. The van der Waals surface area contributed by atoms with Gasteiger partial charge in [-0.2, -0.15) is 0 Å². The molecular weight excluding hydrogens is 248 g/mol. The fraction of sp³-hybridized carbons (Fsp3) is 0.833. The molecule has 0 amide bonds. The van der Waals surface area contributed by atoms with Crippen LogP contribution in [0.3, 0.4) is 0 Å². The molecule has 106 valence electrons. The molecule has 2 saturated heterocycles. The standard InChI is InChI=1S/C12H20N4O3/c1-9-15-16-11(19-9)14-5-10-4-12(18-6-10)7-13-2-3-17-8-12/h10,13H,2-8H2,1H3,(H,14,16). The van der Waals surface area contributed by atoms with Gasteiger partial charge in [0, 0.05) is 32.5 Å². The number of anilines is 1. The minimum absolute atomic E-state index is 0.159. The molecule has 0 bridgehead atoms. The number of nitrogens with one attached hydrogen (secondary N) is 2. The number of hydrogen-bond donors (Lipinski definition) is 2. The van der Waals surface area contributed by atoms with Crippen LogP contribution in [0.15, 0.2) is 4.42 Å². The first kappa shape index (κ1) is 12.8. The predicted octanol–water partition coefficient (Wildman–Crippen LogP) is 0.185. The van der Waals surface area contributed by atoms with Crippen molar-refractivity contribution in [3.8, 4) is 0 Å². The van der Waals surface area contributed by atoms with Crippen LogP contribution in [0.5, 0.6) is 0 Å². The monoisotopic (exact) mass is 268 g/mol. The summed E-state index contributed by atoms with van der Waals surface area (Å²) in [6.07, 6.45) is 0.986. The van der Waals surface area contributed by atoms with Gasteiger partial charge in [0.15, 0.2) is 0 Å². The smallest absolute Gasteiger partial charge is 0.315 e. The van der Waals surface area contributed by atoms with E-state index >= 15 is 0 Å². The van der Waals surface area contributed by atoms with Crippen LogP contribution in [0.25, 0.3) is 0 Å². The Morgan fingerprint density at radius 1 is 1.47 bits per heavy atom. The van der Waals surface area contributed by atoms with E-state index in [1.54, 1.807) is 6.92 Å². The molecule has 1 aromatic rings. The first-order chi connectivity index (χ1) is 9.26. The molecule has 1 aromatic heterocycles. The van der Waals surface area contributed by atoms with Crippen molar-refractivity contribution < 1.29 is 13.9 Å². The van der Waals surface area contributed by atoms with Gasteiger partial charge in [-0.3, -0.25) is 0 Å². The summed E-state index contributed by atoms with van der Waals surface area (Å²) < 4.78 is 16.9. The van der Waals surface area contributed by atoms with Gasteiger partial charge < -0.3 is 24.5 Å². The molecule has 0 saturated carbocycles. The molecule has 2 fully saturated rings. The zero-order chi connectivity index (χ0) is 13.1. The zero-order valence-corrected chi connectivity index (χ0v) is 11.1. The highest BCUT2D eigenvalue weighted by atomic mass is 16.5. The minimum atomic E-state index is -0.159. The Balaban J connectivity index is 1.51. The summed E-state index contributed by atoms with van der Waals surface area (Å²) in [5.74, 6) is 1.01. The molecule has 0 radical (unpaired) electrons. The van der Waals surface area contributed by atoms with E-state index in [1.807, 2.05) is 0 Å². The normalized spacial score (nSPS) is 31.5. The number of hydrogen-bond acceptors (Lipinski definition) is 7. The summed E-state index contributed by atoms with van der Waals surface area (Å²) in [4.78, 5) is 0. The third kappa shape index (κ3) is 3.05. The lowest BCUT2D eigenvalue weighted by Gasteiger charge is -2.25. The summed E-state index contributed by atoms with van der Waals surface area (Å²) >= 11 is 0. The molecule has 3 heterocycles. The van der Waals surface area contributed by atoms with Gasteiger partial charge in [-0.25, -0.2) is 0 Å². The van der Waals surface area contributed by atoms with Crippen LogP contribution in [0.1, 0.15) is 12.3 Å². The second-order valence-electron chi connectivity index (χ2n) is 5.30. The average Bonchev–Trinajstić information content (AvgIpc) is 2.90. The average molecular weight is 268 g/mol. The van der Waals surface area contributed by atoms with Crippen LogP contribution < -0.4 is 10.6 Å². The van der Waals surface area contributed by atoms with Crippen molar-refractivity contribution in [3.63, 3.8) is 0 Å². The molecule has 2 aliphatic rings. The van der Waals surface area contributed by atoms with Crippen LogP contribution in [-0.4, -0.2) is 55.3 Å². The van der Waals surface area contributed by atoms with E-state index in [-0.39, 0.29) is 5.60 Å². The molecule has 7 nitrogen and oxygen atoms in total. The molecular formula is C12H20N4O3. The predicted molar refractivity (Wildman–Crippen MR) is 68.0 cm³/mol. The maximum Gasteiger partial charge on any atom is 0.315 e. The van der Waals surface area contributed by atoms with E-state index in [2.05, 4.69) is 20.8 Å². The lowest BCUT2D eigenvalue weighted by molar-refractivity contribution is -0.0471. The number of ether oxygens (including phenoxy) is 2. The molecule has 7 heteroatoms. The quantitative estimate of drug-likeness (QED) is 0.809. The fourth-order valence-electron chi connectivity index (χ4n) is 2.66. The highest BCUT2D eigenvalue weighted by molar-refractivity contribution is 5.17. The van der Waals surface area contributed by atoms with E-state index in [0.29, 0.717) is 24.4 Å². The van der Waals surface area contributed by atoms with Crippen molar-refractivity contribution in [2.45, 2.75) is 18.9 Å². The van der Waals surface area contributed by atoms with Gasteiger partial charge in [0.25, 0.3) is 0 Å². The van der Waals surface area contributed by atoms with E-state index < -0.39 is 0 Å². The highest BCUT2D eigenvalue weighted by Gasteiger charge is 2.41. The maximum absolute atomic E-state index is 5.97. The van der Waals surface area contributed by atoms with Gasteiger partial charge in [-0.15, -0.1) is 5.10 Å². The minimum Gasteiger partial charge on any atom is -0.408 e. The van der Waals surface area contributed by atoms with Gasteiger partial charge >= 0.3 is 6.01 Å². The number of rotatable bonds is 3. The first-order valence-electron chi connectivity index (χ1n) is 6.72. The summed E-state index contributed by atoms with van der Waals surface area (Å²) in [5.41, 5.74) is -0.159. The Bertz CT molecular complexity index is 415. The van der Waals surface area contributed by atoms with Crippen LogP contribution >= 0.6 is 0 Å². The number of nitrogens with zero attached hydrogens (tertiary/aromatic N) is 2. The second kappa shape index (κ2) is 5.44. The van der Waals surface area contributed by atoms with E-state index in [0.717, 1.165) is 39.3 Å².